The number of aryl methyl sites for hydroxylation is 2. The van der Waals surface area contributed by atoms with E-state index in [-0.39, 0.29) is 27.7 Å². The van der Waals surface area contributed by atoms with Crippen LogP contribution in [0.5, 0.6) is 0 Å². The van der Waals surface area contributed by atoms with E-state index in [1.807, 2.05) is 0 Å². The maximum absolute atomic E-state index is 14.9. The quantitative estimate of drug-likeness (QED) is 0.372. The average molecular weight is 560 g/mol. The molecule has 4 heterocycles. The average Bonchev–Trinajstić information content (AvgIpc) is 2.92. The zero-order valence-corrected chi connectivity index (χ0v) is 21.8. The number of alkyl halides is 3. The molecule has 40 heavy (non-hydrogen) atoms. The van der Waals surface area contributed by atoms with Gasteiger partial charge in [-0.25, -0.2) is 23.7 Å². The highest BCUT2D eigenvalue weighted by Gasteiger charge is 2.35. The molecule has 1 N–H and O–H groups in total. The molecule has 210 valence electrons. The number of fused-ring (bicyclic) bond motifs is 1. The van der Waals surface area contributed by atoms with Gasteiger partial charge in [0.1, 0.15) is 11.6 Å². The first-order chi connectivity index (χ1) is 19.0. The molecule has 3 aromatic heterocycles. The normalized spacial score (nSPS) is 14.9. The molecule has 1 atom stereocenters. The van der Waals surface area contributed by atoms with Crippen molar-refractivity contribution in [1.82, 2.24) is 24.4 Å². The SMILES string of the molecule is Cc1ncc(-c2c(=O)n(N3CCOCC3)cc3c(N[C@H](C)c4cccc(C(F)(F)F)c4F)nn(C)c(=O)c23)cn1. The first kappa shape index (κ1) is 27.2. The molecule has 1 aliphatic rings. The van der Waals surface area contributed by atoms with Gasteiger partial charge >= 0.3 is 6.18 Å². The van der Waals surface area contributed by atoms with Crippen LogP contribution in [0.1, 0.15) is 29.9 Å². The number of hydrogen-bond acceptors (Lipinski definition) is 8. The molecule has 1 aliphatic heterocycles. The minimum atomic E-state index is -4.87. The molecule has 0 amide bonds. The highest BCUT2D eigenvalue weighted by atomic mass is 19.4. The third kappa shape index (κ3) is 4.90. The Morgan fingerprint density at radius 3 is 2.40 bits per heavy atom. The first-order valence-corrected chi connectivity index (χ1v) is 12.4. The number of anilines is 1. The summed E-state index contributed by atoms with van der Waals surface area (Å²) in [5.41, 5.74) is -2.37. The van der Waals surface area contributed by atoms with Gasteiger partial charge in [0.05, 0.1) is 54.2 Å². The summed E-state index contributed by atoms with van der Waals surface area (Å²) in [6, 6.07) is 2.04. The highest BCUT2D eigenvalue weighted by molar-refractivity contribution is 6.00. The van der Waals surface area contributed by atoms with E-state index in [9.17, 15) is 27.2 Å². The summed E-state index contributed by atoms with van der Waals surface area (Å²) in [5, 5.41) is 9.22. The number of pyridine rings is 1. The summed E-state index contributed by atoms with van der Waals surface area (Å²) >= 11 is 0. The predicted molar refractivity (Wildman–Crippen MR) is 139 cm³/mol. The number of rotatable bonds is 5. The van der Waals surface area contributed by atoms with Gasteiger partial charge in [0, 0.05) is 36.8 Å². The Labute approximate surface area is 224 Å². The van der Waals surface area contributed by atoms with Crippen molar-refractivity contribution in [3.05, 3.63) is 80.3 Å². The second-order valence-electron chi connectivity index (χ2n) is 9.38. The summed E-state index contributed by atoms with van der Waals surface area (Å²) in [6.07, 6.45) is -0.542. The van der Waals surface area contributed by atoms with Crippen LogP contribution in [0.15, 0.2) is 46.4 Å². The van der Waals surface area contributed by atoms with Crippen LogP contribution in [0.3, 0.4) is 0 Å². The fourth-order valence-electron chi connectivity index (χ4n) is 4.68. The Morgan fingerprint density at radius 2 is 1.75 bits per heavy atom. The molecule has 1 aromatic carbocycles. The summed E-state index contributed by atoms with van der Waals surface area (Å²) in [4.78, 5) is 35.6. The molecular weight excluding hydrogens is 534 g/mol. The summed E-state index contributed by atoms with van der Waals surface area (Å²) < 4.78 is 62.8. The minimum Gasteiger partial charge on any atom is -0.378 e. The van der Waals surface area contributed by atoms with E-state index in [0.717, 1.165) is 10.7 Å². The van der Waals surface area contributed by atoms with Crippen LogP contribution in [-0.2, 0) is 18.0 Å². The second-order valence-corrected chi connectivity index (χ2v) is 9.38. The molecular formula is C26H25F4N7O3. The lowest BCUT2D eigenvalue weighted by Gasteiger charge is -2.31. The van der Waals surface area contributed by atoms with Crippen LogP contribution >= 0.6 is 0 Å². The van der Waals surface area contributed by atoms with Crippen molar-refractivity contribution < 1.29 is 22.3 Å². The van der Waals surface area contributed by atoms with Gasteiger partial charge in [0.25, 0.3) is 11.1 Å². The lowest BCUT2D eigenvalue weighted by Crippen LogP contribution is -2.49. The lowest BCUT2D eigenvalue weighted by molar-refractivity contribution is -0.140. The molecule has 0 aliphatic carbocycles. The number of morpholine rings is 1. The Hall–Kier alpha value is -4.33. The van der Waals surface area contributed by atoms with Gasteiger partial charge in [-0.3, -0.25) is 9.59 Å². The highest BCUT2D eigenvalue weighted by Crippen LogP contribution is 2.35. The van der Waals surface area contributed by atoms with Crippen LogP contribution in [0, 0.1) is 12.7 Å². The van der Waals surface area contributed by atoms with E-state index >= 15 is 0 Å². The zero-order chi connectivity index (χ0) is 28.8. The van der Waals surface area contributed by atoms with Gasteiger partial charge in [0.15, 0.2) is 5.82 Å². The Balaban J connectivity index is 1.74. The van der Waals surface area contributed by atoms with Gasteiger partial charge in [-0.05, 0) is 19.9 Å². The van der Waals surface area contributed by atoms with Crippen molar-refractivity contribution in [1.29, 1.82) is 0 Å². The van der Waals surface area contributed by atoms with Gasteiger partial charge in [-0.2, -0.15) is 18.3 Å². The van der Waals surface area contributed by atoms with Gasteiger partial charge in [-0.15, -0.1) is 0 Å². The Bertz CT molecular complexity index is 1690. The van der Waals surface area contributed by atoms with Gasteiger partial charge in [0.2, 0.25) is 0 Å². The van der Waals surface area contributed by atoms with Crippen molar-refractivity contribution in [2.24, 2.45) is 7.05 Å². The molecule has 0 saturated carbocycles. The standard InChI is InChI=1S/C26H25F4N7O3/c1-14(17-5-4-6-19(22(17)27)26(28,29)30)33-23-18-13-37(36-7-9-40-10-8-36)25(39)20(16-11-31-15(2)32-12-16)21(18)24(38)35(3)34-23/h4-6,11-14H,7-10H2,1-3H3,(H,33,34)/t14-/m1/s1. The molecule has 0 bridgehead atoms. The maximum Gasteiger partial charge on any atom is 0.419 e. The molecule has 0 unspecified atom stereocenters. The van der Waals surface area contributed by atoms with E-state index in [4.69, 9.17) is 4.74 Å². The van der Waals surface area contributed by atoms with Crippen molar-refractivity contribution in [2.45, 2.75) is 26.1 Å². The third-order valence-corrected chi connectivity index (χ3v) is 6.72. The molecule has 5 rings (SSSR count). The molecule has 1 fully saturated rings. The predicted octanol–water partition coefficient (Wildman–Crippen LogP) is 3.16. The van der Waals surface area contributed by atoms with Crippen LogP contribution in [0.4, 0.5) is 23.4 Å². The number of nitrogens with zero attached hydrogens (tertiary/aromatic N) is 6. The van der Waals surface area contributed by atoms with Crippen molar-refractivity contribution in [3.8, 4) is 11.1 Å². The molecule has 4 aromatic rings. The smallest absolute Gasteiger partial charge is 0.378 e. The van der Waals surface area contributed by atoms with Crippen LogP contribution < -0.4 is 21.4 Å². The number of benzene rings is 1. The van der Waals surface area contributed by atoms with E-state index < -0.39 is 34.7 Å². The molecule has 14 heteroatoms. The van der Waals surface area contributed by atoms with Crippen LogP contribution in [0.2, 0.25) is 0 Å². The molecule has 0 radical (unpaired) electrons. The fraction of sp³-hybridized carbons (Fsp3) is 0.346. The number of aromatic nitrogens is 5. The Morgan fingerprint density at radius 1 is 1.07 bits per heavy atom. The minimum absolute atomic E-state index is 0.0127. The number of hydrogen-bond donors (Lipinski definition) is 1. The summed E-state index contributed by atoms with van der Waals surface area (Å²) in [6.45, 7) is 4.69. The largest absolute Gasteiger partial charge is 0.419 e. The number of ether oxygens (including phenoxy) is 1. The van der Waals surface area contributed by atoms with E-state index in [1.165, 1.54) is 43.3 Å². The van der Waals surface area contributed by atoms with Crippen LogP contribution in [0.25, 0.3) is 21.9 Å². The second kappa shape index (κ2) is 10.3. The summed E-state index contributed by atoms with van der Waals surface area (Å²) in [7, 11) is 1.38. The van der Waals surface area contributed by atoms with E-state index in [0.29, 0.717) is 43.8 Å². The third-order valence-electron chi connectivity index (χ3n) is 6.72. The van der Waals surface area contributed by atoms with Crippen LogP contribution in [-0.4, -0.2) is 50.7 Å². The zero-order valence-electron chi connectivity index (χ0n) is 21.8. The fourth-order valence-corrected chi connectivity index (χ4v) is 4.68. The van der Waals surface area contributed by atoms with E-state index in [1.54, 1.807) is 11.9 Å². The molecule has 1 saturated heterocycles. The first-order valence-electron chi connectivity index (χ1n) is 12.4. The maximum atomic E-state index is 14.9. The monoisotopic (exact) mass is 559 g/mol. The number of nitrogens with one attached hydrogen (secondary N) is 1. The number of halogens is 4. The van der Waals surface area contributed by atoms with E-state index in [2.05, 4.69) is 20.4 Å². The molecule has 10 nitrogen and oxygen atoms in total. The topological polar surface area (TPSA) is 107 Å². The van der Waals surface area contributed by atoms with Crippen molar-refractivity contribution >= 4 is 16.6 Å². The molecule has 0 spiro atoms. The Kier molecular flexibility index (Phi) is 7.04. The lowest BCUT2D eigenvalue weighted by atomic mass is 10.0. The van der Waals surface area contributed by atoms with Crippen molar-refractivity contribution in [2.75, 3.05) is 36.6 Å². The summed E-state index contributed by atoms with van der Waals surface area (Å²) in [5.74, 6) is -0.879. The van der Waals surface area contributed by atoms with Gasteiger partial charge in [-0.1, -0.05) is 12.1 Å². The van der Waals surface area contributed by atoms with Gasteiger partial charge < -0.3 is 15.1 Å². The van der Waals surface area contributed by atoms with Crippen molar-refractivity contribution in [3.63, 3.8) is 0 Å².